The van der Waals surface area contributed by atoms with Crippen molar-refractivity contribution in [2.45, 2.75) is 19.4 Å². The topological polar surface area (TPSA) is 49.9 Å². The minimum Gasteiger partial charge on any atom is -0.378 e. The number of aromatic nitrogens is 2. The molecule has 2 heterocycles. The van der Waals surface area contributed by atoms with E-state index in [4.69, 9.17) is 9.72 Å². The number of nitrogens with one attached hydrogen (secondary N) is 2. The van der Waals surface area contributed by atoms with Gasteiger partial charge in [0.1, 0.15) is 5.82 Å². The maximum absolute atomic E-state index is 5.50. The summed E-state index contributed by atoms with van der Waals surface area (Å²) in [6.07, 6.45) is 0.949. The smallest absolute Gasteiger partial charge is 0.126 e. The first-order valence-corrected chi connectivity index (χ1v) is 6.84. The molecule has 1 atom stereocenters. The van der Waals surface area contributed by atoms with Gasteiger partial charge in [-0.1, -0.05) is 37.3 Å². The Morgan fingerprint density at radius 3 is 2.84 bits per heavy atom. The minimum absolute atomic E-state index is 0.177. The van der Waals surface area contributed by atoms with Crippen LogP contribution in [0.2, 0.25) is 0 Å². The van der Waals surface area contributed by atoms with Crippen LogP contribution >= 0.6 is 0 Å². The molecule has 0 radical (unpaired) electrons. The molecule has 0 saturated carbocycles. The predicted octanol–water partition coefficient (Wildman–Crippen LogP) is 2.30. The Morgan fingerprint density at radius 1 is 1.32 bits per heavy atom. The number of imidazole rings is 1. The van der Waals surface area contributed by atoms with Gasteiger partial charge in [-0.3, -0.25) is 0 Å². The second-order valence-electron chi connectivity index (χ2n) is 4.75. The second kappa shape index (κ2) is 5.55. The molecule has 1 saturated heterocycles. The maximum Gasteiger partial charge on any atom is 0.126 e. The monoisotopic (exact) mass is 257 g/mol. The second-order valence-corrected chi connectivity index (χ2v) is 4.75. The van der Waals surface area contributed by atoms with Crippen molar-refractivity contribution in [2.24, 2.45) is 0 Å². The van der Waals surface area contributed by atoms with Crippen molar-refractivity contribution in [1.82, 2.24) is 15.3 Å². The Labute approximate surface area is 113 Å². The molecule has 1 aromatic heterocycles. The largest absolute Gasteiger partial charge is 0.378 e. The molecule has 0 aliphatic carbocycles. The van der Waals surface area contributed by atoms with E-state index in [1.54, 1.807) is 0 Å². The van der Waals surface area contributed by atoms with Gasteiger partial charge in [-0.25, -0.2) is 4.98 Å². The summed E-state index contributed by atoms with van der Waals surface area (Å²) in [6, 6.07) is 10.5. The molecular formula is C15H19N3O. The lowest BCUT2D eigenvalue weighted by molar-refractivity contribution is 0.0745. The zero-order valence-corrected chi connectivity index (χ0v) is 11.1. The normalized spacial score (nSPS) is 19.5. The Balaban J connectivity index is 1.94. The maximum atomic E-state index is 5.50. The zero-order valence-electron chi connectivity index (χ0n) is 11.1. The summed E-state index contributed by atoms with van der Waals surface area (Å²) in [7, 11) is 0. The molecule has 3 rings (SSSR count). The fraction of sp³-hybridized carbons (Fsp3) is 0.400. The summed E-state index contributed by atoms with van der Waals surface area (Å²) in [5.41, 5.74) is 3.41. The number of H-pyrrole nitrogens is 1. The number of benzene rings is 1. The Bertz CT molecular complexity index is 530. The highest BCUT2D eigenvalue weighted by Crippen LogP contribution is 2.24. The van der Waals surface area contributed by atoms with Gasteiger partial charge in [0.05, 0.1) is 24.9 Å². The molecule has 19 heavy (non-hydrogen) atoms. The van der Waals surface area contributed by atoms with E-state index in [0.29, 0.717) is 6.61 Å². The molecule has 1 aliphatic rings. The first-order chi connectivity index (χ1) is 9.38. The molecule has 0 spiro atoms. The summed E-state index contributed by atoms with van der Waals surface area (Å²) in [5, 5.41) is 3.43. The van der Waals surface area contributed by atoms with Crippen molar-refractivity contribution in [2.75, 3.05) is 19.8 Å². The fourth-order valence-electron chi connectivity index (χ4n) is 2.43. The number of aryl methyl sites for hydroxylation is 1. The van der Waals surface area contributed by atoms with Crippen LogP contribution in [0, 0.1) is 0 Å². The SMILES string of the molecule is CCc1[nH]c(C2COCCN2)nc1-c1ccccc1. The zero-order chi connectivity index (χ0) is 13.1. The standard InChI is InChI=1S/C15H19N3O/c1-2-12-14(11-6-4-3-5-7-11)18-15(17-12)13-10-19-9-8-16-13/h3-7,13,16H,2,8-10H2,1H3,(H,17,18). The van der Waals surface area contributed by atoms with E-state index < -0.39 is 0 Å². The number of aromatic amines is 1. The van der Waals surface area contributed by atoms with Gasteiger partial charge in [0.25, 0.3) is 0 Å². The Hall–Kier alpha value is -1.65. The van der Waals surface area contributed by atoms with E-state index in [-0.39, 0.29) is 6.04 Å². The fourth-order valence-corrected chi connectivity index (χ4v) is 2.43. The molecule has 1 unspecified atom stereocenters. The van der Waals surface area contributed by atoms with Gasteiger partial charge in [0, 0.05) is 17.8 Å². The van der Waals surface area contributed by atoms with Crippen molar-refractivity contribution in [3.05, 3.63) is 41.9 Å². The first kappa shape index (κ1) is 12.4. The average Bonchev–Trinajstić information content (AvgIpc) is 2.93. The Morgan fingerprint density at radius 2 is 2.16 bits per heavy atom. The van der Waals surface area contributed by atoms with E-state index in [1.807, 2.05) is 18.2 Å². The molecule has 1 fully saturated rings. The van der Waals surface area contributed by atoms with E-state index in [2.05, 4.69) is 29.4 Å². The lowest BCUT2D eigenvalue weighted by Gasteiger charge is -2.21. The highest BCUT2D eigenvalue weighted by molar-refractivity contribution is 5.62. The number of ether oxygens (including phenoxy) is 1. The molecule has 100 valence electrons. The van der Waals surface area contributed by atoms with Crippen molar-refractivity contribution < 1.29 is 4.74 Å². The van der Waals surface area contributed by atoms with Gasteiger partial charge in [-0.2, -0.15) is 0 Å². The van der Waals surface area contributed by atoms with Crippen molar-refractivity contribution in [3.8, 4) is 11.3 Å². The van der Waals surface area contributed by atoms with Gasteiger partial charge in [-0.05, 0) is 6.42 Å². The number of rotatable bonds is 3. The molecule has 4 nitrogen and oxygen atoms in total. The van der Waals surface area contributed by atoms with Gasteiger partial charge >= 0.3 is 0 Å². The lowest BCUT2D eigenvalue weighted by Crippen LogP contribution is -2.35. The molecule has 0 bridgehead atoms. The number of morpholine rings is 1. The third-order valence-corrected chi connectivity index (χ3v) is 3.45. The van der Waals surface area contributed by atoms with Crippen LogP contribution in [0.4, 0.5) is 0 Å². The summed E-state index contributed by atoms with van der Waals surface area (Å²) >= 11 is 0. The van der Waals surface area contributed by atoms with Crippen LogP contribution in [0.3, 0.4) is 0 Å². The van der Waals surface area contributed by atoms with E-state index in [0.717, 1.165) is 31.1 Å². The number of hydrogen-bond donors (Lipinski definition) is 2. The van der Waals surface area contributed by atoms with Gasteiger partial charge in [0.15, 0.2) is 0 Å². The number of hydrogen-bond acceptors (Lipinski definition) is 3. The molecule has 2 aromatic rings. The quantitative estimate of drug-likeness (QED) is 0.887. The van der Waals surface area contributed by atoms with Crippen LogP contribution in [0.15, 0.2) is 30.3 Å². The van der Waals surface area contributed by atoms with E-state index >= 15 is 0 Å². The van der Waals surface area contributed by atoms with Crippen molar-refractivity contribution >= 4 is 0 Å². The van der Waals surface area contributed by atoms with Gasteiger partial charge in [-0.15, -0.1) is 0 Å². The van der Waals surface area contributed by atoms with Crippen LogP contribution in [-0.4, -0.2) is 29.7 Å². The molecule has 1 aliphatic heterocycles. The molecule has 4 heteroatoms. The van der Waals surface area contributed by atoms with Crippen LogP contribution in [0.1, 0.15) is 24.5 Å². The Kier molecular flexibility index (Phi) is 3.62. The third kappa shape index (κ3) is 2.55. The van der Waals surface area contributed by atoms with Gasteiger partial charge in [0.2, 0.25) is 0 Å². The van der Waals surface area contributed by atoms with Crippen LogP contribution in [0.25, 0.3) is 11.3 Å². The van der Waals surface area contributed by atoms with Crippen LogP contribution in [0.5, 0.6) is 0 Å². The first-order valence-electron chi connectivity index (χ1n) is 6.84. The predicted molar refractivity (Wildman–Crippen MR) is 75.0 cm³/mol. The van der Waals surface area contributed by atoms with Crippen molar-refractivity contribution in [3.63, 3.8) is 0 Å². The van der Waals surface area contributed by atoms with E-state index in [1.165, 1.54) is 11.3 Å². The average molecular weight is 257 g/mol. The van der Waals surface area contributed by atoms with E-state index in [9.17, 15) is 0 Å². The molecule has 2 N–H and O–H groups in total. The van der Waals surface area contributed by atoms with Crippen LogP contribution < -0.4 is 5.32 Å². The molecule has 1 aromatic carbocycles. The summed E-state index contributed by atoms with van der Waals surface area (Å²) < 4.78 is 5.50. The van der Waals surface area contributed by atoms with Crippen molar-refractivity contribution in [1.29, 1.82) is 0 Å². The third-order valence-electron chi connectivity index (χ3n) is 3.45. The molecular weight excluding hydrogens is 238 g/mol. The highest BCUT2D eigenvalue weighted by Gasteiger charge is 2.20. The summed E-state index contributed by atoms with van der Waals surface area (Å²) in [4.78, 5) is 8.22. The summed E-state index contributed by atoms with van der Waals surface area (Å²) in [5.74, 6) is 0.982. The summed E-state index contributed by atoms with van der Waals surface area (Å²) in [6.45, 7) is 4.50. The minimum atomic E-state index is 0.177. The lowest BCUT2D eigenvalue weighted by atomic mass is 10.1. The van der Waals surface area contributed by atoms with Gasteiger partial charge < -0.3 is 15.0 Å². The molecule has 0 amide bonds. The number of nitrogens with zero attached hydrogens (tertiary/aromatic N) is 1. The van der Waals surface area contributed by atoms with Crippen LogP contribution in [-0.2, 0) is 11.2 Å². The highest BCUT2D eigenvalue weighted by atomic mass is 16.5.